The fraction of sp³-hybridized carbons (Fsp3) is 0.200. The largest absolute Gasteiger partial charge is 0.392 e. The van der Waals surface area contributed by atoms with Gasteiger partial charge in [-0.15, -0.1) is 6.58 Å². The molecule has 5 nitrogen and oxygen atoms in total. The van der Waals surface area contributed by atoms with Gasteiger partial charge in [-0.2, -0.15) is 5.10 Å². The quantitative estimate of drug-likeness (QED) is 0.803. The number of aliphatic hydroxyl groups is 1. The molecule has 110 valence electrons. The summed E-state index contributed by atoms with van der Waals surface area (Å²) in [6.45, 7) is 4.41. The van der Waals surface area contributed by atoms with Crippen LogP contribution in [0.3, 0.4) is 0 Å². The zero-order chi connectivity index (χ0) is 15.2. The third-order valence-electron chi connectivity index (χ3n) is 2.98. The number of anilines is 1. The monoisotopic (exact) mass is 305 g/mol. The molecule has 2 aromatic rings. The number of aromatic nitrogens is 2. The van der Waals surface area contributed by atoms with Crippen LogP contribution in [0.4, 0.5) is 5.69 Å². The Balaban J connectivity index is 2.10. The molecule has 1 aromatic heterocycles. The lowest BCUT2D eigenvalue weighted by Gasteiger charge is -2.09. The number of benzene rings is 1. The van der Waals surface area contributed by atoms with E-state index in [1.807, 2.05) is 24.3 Å². The Bertz CT molecular complexity index is 680. The molecule has 6 heteroatoms. The molecular formula is C15H16ClN3O2. The number of allylic oxidation sites excluding steroid dienone is 1. The van der Waals surface area contributed by atoms with Crippen molar-refractivity contribution >= 4 is 17.3 Å². The highest BCUT2D eigenvalue weighted by Crippen LogP contribution is 2.16. The number of halogens is 1. The Morgan fingerprint density at radius 1 is 1.33 bits per heavy atom. The fourth-order valence-corrected chi connectivity index (χ4v) is 2.01. The van der Waals surface area contributed by atoms with Gasteiger partial charge in [-0.25, -0.2) is 4.68 Å². The van der Waals surface area contributed by atoms with Crippen LogP contribution in [-0.4, -0.2) is 14.9 Å². The molecule has 1 aromatic carbocycles. The summed E-state index contributed by atoms with van der Waals surface area (Å²) >= 11 is 6.04. The maximum Gasteiger partial charge on any atom is 0.287 e. The van der Waals surface area contributed by atoms with Crippen molar-refractivity contribution in [3.63, 3.8) is 0 Å². The SMILES string of the molecule is C=CCn1ncc(NCc2ccc(CO)cc2)c(Cl)c1=O. The average Bonchev–Trinajstić information content (AvgIpc) is 2.52. The first-order valence-electron chi connectivity index (χ1n) is 6.44. The summed E-state index contributed by atoms with van der Waals surface area (Å²) in [4.78, 5) is 11.9. The second kappa shape index (κ2) is 7.06. The summed E-state index contributed by atoms with van der Waals surface area (Å²) in [5, 5.41) is 16.2. The molecule has 0 unspecified atom stereocenters. The van der Waals surface area contributed by atoms with Crippen molar-refractivity contribution in [3.8, 4) is 0 Å². The molecule has 1 heterocycles. The Hall–Kier alpha value is -2.11. The molecular weight excluding hydrogens is 290 g/mol. The van der Waals surface area contributed by atoms with E-state index in [-0.39, 0.29) is 17.2 Å². The van der Waals surface area contributed by atoms with E-state index in [9.17, 15) is 4.79 Å². The van der Waals surface area contributed by atoms with Crippen molar-refractivity contribution in [1.82, 2.24) is 9.78 Å². The molecule has 0 aliphatic rings. The summed E-state index contributed by atoms with van der Waals surface area (Å²) in [7, 11) is 0. The van der Waals surface area contributed by atoms with Crippen LogP contribution in [0.1, 0.15) is 11.1 Å². The summed E-state index contributed by atoms with van der Waals surface area (Å²) in [5.74, 6) is 0. The van der Waals surface area contributed by atoms with E-state index >= 15 is 0 Å². The van der Waals surface area contributed by atoms with E-state index in [0.29, 0.717) is 18.8 Å². The van der Waals surface area contributed by atoms with Gasteiger partial charge in [0.2, 0.25) is 0 Å². The normalized spacial score (nSPS) is 10.4. The lowest BCUT2D eigenvalue weighted by atomic mass is 10.1. The van der Waals surface area contributed by atoms with Crippen LogP contribution in [0.15, 0.2) is 47.9 Å². The van der Waals surface area contributed by atoms with Crippen LogP contribution in [0.5, 0.6) is 0 Å². The Morgan fingerprint density at radius 3 is 2.62 bits per heavy atom. The number of nitrogens with zero attached hydrogens (tertiary/aromatic N) is 2. The second-order valence-electron chi connectivity index (χ2n) is 4.48. The zero-order valence-corrected chi connectivity index (χ0v) is 12.2. The molecule has 2 N–H and O–H groups in total. The molecule has 0 amide bonds. The fourth-order valence-electron chi connectivity index (χ4n) is 1.80. The lowest BCUT2D eigenvalue weighted by molar-refractivity contribution is 0.282. The van der Waals surface area contributed by atoms with Gasteiger partial charge >= 0.3 is 0 Å². The topological polar surface area (TPSA) is 67.2 Å². The van der Waals surface area contributed by atoms with Crippen LogP contribution >= 0.6 is 11.6 Å². The number of hydrogen-bond acceptors (Lipinski definition) is 4. The molecule has 0 aliphatic carbocycles. The summed E-state index contributed by atoms with van der Waals surface area (Å²) in [6, 6.07) is 7.50. The first kappa shape index (κ1) is 15.3. The summed E-state index contributed by atoms with van der Waals surface area (Å²) in [5.41, 5.74) is 2.01. The van der Waals surface area contributed by atoms with Gasteiger partial charge < -0.3 is 10.4 Å². The van der Waals surface area contributed by atoms with E-state index < -0.39 is 0 Å². The highest BCUT2D eigenvalue weighted by atomic mass is 35.5. The van der Waals surface area contributed by atoms with Crippen molar-refractivity contribution in [3.05, 3.63) is 69.6 Å². The van der Waals surface area contributed by atoms with Crippen LogP contribution in [-0.2, 0) is 19.7 Å². The average molecular weight is 306 g/mol. The smallest absolute Gasteiger partial charge is 0.287 e. The van der Waals surface area contributed by atoms with E-state index in [1.54, 1.807) is 6.08 Å². The predicted molar refractivity (Wildman–Crippen MR) is 83.4 cm³/mol. The molecule has 2 rings (SSSR count). The van der Waals surface area contributed by atoms with Crippen molar-refractivity contribution in [1.29, 1.82) is 0 Å². The third-order valence-corrected chi connectivity index (χ3v) is 3.34. The highest BCUT2D eigenvalue weighted by Gasteiger charge is 2.08. The minimum Gasteiger partial charge on any atom is -0.392 e. The number of nitrogens with one attached hydrogen (secondary N) is 1. The van der Waals surface area contributed by atoms with Gasteiger partial charge in [-0.1, -0.05) is 41.9 Å². The molecule has 0 spiro atoms. The number of rotatable bonds is 6. The number of aliphatic hydroxyl groups excluding tert-OH is 1. The third kappa shape index (κ3) is 3.71. The molecule has 0 bridgehead atoms. The van der Waals surface area contributed by atoms with E-state index in [0.717, 1.165) is 11.1 Å². The maximum atomic E-state index is 11.9. The number of hydrogen-bond donors (Lipinski definition) is 2. The van der Waals surface area contributed by atoms with Gasteiger partial charge in [0.05, 0.1) is 25.0 Å². The van der Waals surface area contributed by atoms with Crippen molar-refractivity contribution in [2.24, 2.45) is 0 Å². The molecule has 0 radical (unpaired) electrons. The van der Waals surface area contributed by atoms with Crippen LogP contribution in [0.25, 0.3) is 0 Å². The van der Waals surface area contributed by atoms with Crippen molar-refractivity contribution < 1.29 is 5.11 Å². The Morgan fingerprint density at radius 2 is 2.00 bits per heavy atom. The Kier molecular flexibility index (Phi) is 5.14. The van der Waals surface area contributed by atoms with E-state index in [2.05, 4.69) is 17.0 Å². The first-order chi connectivity index (χ1) is 10.2. The molecule has 0 aliphatic heterocycles. The second-order valence-corrected chi connectivity index (χ2v) is 4.85. The van der Waals surface area contributed by atoms with E-state index in [4.69, 9.17) is 16.7 Å². The predicted octanol–water partition coefficient (Wildman–Crippen LogP) is 2.19. The maximum absolute atomic E-state index is 11.9. The van der Waals surface area contributed by atoms with Crippen LogP contribution in [0.2, 0.25) is 5.02 Å². The van der Waals surface area contributed by atoms with Gasteiger partial charge in [-0.05, 0) is 11.1 Å². The van der Waals surface area contributed by atoms with Crippen LogP contribution < -0.4 is 10.9 Å². The first-order valence-corrected chi connectivity index (χ1v) is 6.82. The molecule has 0 fully saturated rings. The zero-order valence-electron chi connectivity index (χ0n) is 11.4. The minimum atomic E-state index is -0.350. The van der Waals surface area contributed by atoms with Crippen molar-refractivity contribution in [2.75, 3.05) is 5.32 Å². The molecule has 0 saturated carbocycles. The molecule has 0 atom stereocenters. The highest BCUT2D eigenvalue weighted by molar-refractivity contribution is 6.32. The standard InChI is InChI=1S/C15H16ClN3O2/c1-2-7-19-15(21)14(16)13(9-18-19)17-8-11-3-5-12(10-20)6-4-11/h2-6,9,17,20H,1,7-8,10H2. The minimum absolute atomic E-state index is 0.0188. The summed E-state index contributed by atoms with van der Waals surface area (Å²) < 4.78 is 1.25. The van der Waals surface area contributed by atoms with Gasteiger partial charge in [0.25, 0.3) is 5.56 Å². The van der Waals surface area contributed by atoms with Gasteiger partial charge in [-0.3, -0.25) is 4.79 Å². The summed E-state index contributed by atoms with van der Waals surface area (Å²) in [6.07, 6.45) is 3.11. The molecule has 21 heavy (non-hydrogen) atoms. The lowest BCUT2D eigenvalue weighted by Crippen LogP contribution is -2.23. The van der Waals surface area contributed by atoms with Crippen molar-refractivity contribution in [2.45, 2.75) is 19.7 Å². The Labute approximate surface area is 127 Å². The van der Waals surface area contributed by atoms with Gasteiger partial charge in [0, 0.05) is 6.54 Å². The van der Waals surface area contributed by atoms with E-state index in [1.165, 1.54) is 10.9 Å². The van der Waals surface area contributed by atoms with Crippen LogP contribution in [0, 0.1) is 0 Å². The van der Waals surface area contributed by atoms with Gasteiger partial charge in [0.1, 0.15) is 5.02 Å². The van der Waals surface area contributed by atoms with Gasteiger partial charge in [0.15, 0.2) is 0 Å². The molecule has 0 saturated heterocycles.